The summed E-state index contributed by atoms with van der Waals surface area (Å²) in [6.07, 6.45) is 1.09. The molecular weight excluding hydrogens is 278 g/mol. The van der Waals surface area contributed by atoms with Crippen LogP contribution in [0.15, 0.2) is 33.4 Å². The molecule has 2 aromatic rings. The fourth-order valence-corrected chi connectivity index (χ4v) is 1.85. The standard InChI is InChI=1S/C10H6BrNO4/c11-6-2-1-3-7(13)8(6)9-5(10(14)15)4-12-16-9/h1-4,13H,(H,14,15). The summed E-state index contributed by atoms with van der Waals surface area (Å²) < 4.78 is 5.39. The summed E-state index contributed by atoms with van der Waals surface area (Å²) in [4.78, 5) is 10.9. The first-order valence-electron chi connectivity index (χ1n) is 4.27. The molecule has 1 heterocycles. The van der Waals surface area contributed by atoms with Crippen molar-refractivity contribution < 1.29 is 19.5 Å². The van der Waals surface area contributed by atoms with E-state index in [1.54, 1.807) is 12.1 Å². The highest BCUT2D eigenvalue weighted by Gasteiger charge is 2.21. The van der Waals surface area contributed by atoms with Crippen LogP contribution in [0, 0.1) is 0 Å². The highest BCUT2D eigenvalue weighted by atomic mass is 79.9. The van der Waals surface area contributed by atoms with Gasteiger partial charge in [0.15, 0.2) is 5.76 Å². The van der Waals surface area contributed by atoms with Crippen LogP contribution in [0.3, 0.4) is 0 Å². The Kier molecular flexibility index (Phi) is 2.66. The SMILES string of the molecule is O=C(O)c1cnoc1-c1c(O)cccc1Br. The third kappa shape index (κ3) is 1.67. The van der Waals surface area contributed by atoms with Crippen molar-refractivity contribution in [3.8, 4) is 17.1 Å². The average molecular weight is 284 g/mol. The number of nitrogens with zero attached hydrogens (tertiary/aromatic N) is 1. The molecule has 0 saturated carbocycles. The molecule has 0 fully saturated rings. The molecule has 0 unspecified atom stereocenters. The molecule has 0 saturated heterocycles. The second-order valence-corrected chi connectivity index (χ2v) is 3.86. The minimum atomic E-state index is -1.16. The van der Waals surface area contributed by atoms with Crippen LogP contribution in [0.25, 0.3) is 11.3 Å². The van der Waals surface area contributed by atoms with Gasteiger partial charge in [-0.15, -0.1) is 0 Å². The van der Waals surface area contributed by atoms with Gasteiger partial charge in [-0.3, -0.25) is 0 Å². The average Bonchev–Trinajstić information content (AvgIpc) is 2.66. The summed E-state index contributed by atoms with van der Waals surface area (Å²) in [5.74, 6) is -1.21. The first-order valence-corrected chi connectivity index (χ1v) is 5.06. The summed E-state index contributed by atoms with van der Waals surface area (Å²) in [6.45, 7) is 0. The van der Waals surface area contributed by atoms with Crippen molar-refractivity contribution in [1.82, 2.24) is 5.16 Å². The summed E-state index contributed by atoms with van der Waals surface area (Å²) in [5.41, 5.74) is 0.180. The lowest BCUT2D eigenvalue weighted by Crippen LogP contribution is -1.96. The number of phenolic OH excluding ortho intramolecular Hbond substituents is 1. The van der Waals surface area contributed by atoms with E-state index in [2.05, 4.69) is 21.1 Å². The molecule has 0 spiro atoms. The van der Waals surface area contributed by atoms with Gasteiger partial charge >= 0.3 is 5.97 Å². The Morgan fingerprint density at radius 3 is 2.81 bits per heavy atom. The van der Waals surface area contributed by atoms with Gasteiger partial charge in [-0.05, 0) is 28.1 Å². The van der Waals surface area contributed by atoms with Crippen molar-refractivity contribution in [3.63, 3.8) is 0 Å². The minimum absolute atomic E-state index is 0.0254. The molecule has 1 aromatic carbocycles. The van der Waals surface area contributed by atoms with Crippen molar-refractivity contribution in [2.24, 2.45) is 0 Å². The van der Waals surface area contributed by atoms with Crippen LogP contribution in [0.5, 0.6) is 5.75 Å². The number of rotatable bonds is 2. The maximum absolute atomic E-state index is 10.9. The smallest absolute Gasteiger partial charge is 0.341 e. The third-order valence-corrected chi connectivity index (χ3v) is 2.68. The third-order valence-electron chi connectivity index (χ3n) is 2.02. The Balaban J connectivity index is 2.68. The fourth-order valence-electron chi connectivity index (χ4n) is 1.31. The molecule has 5 nitrogen and oxygen atoms in total. The number of halogens is 1. The van der Waals surface area contributed by atoms with Gasteiger partial charge in [-0.25, -0.2) is 4.79 Å². The Morgan fingerprint density at radius 1 is 1.44 bits per heavy atom. The zero-order valence-corrected chi connectivity index (χ0v) is 9.43. The highest BCUT2D eigenvalue weighted by molar-refractivity contribution is 9.10. The molecule has 0 atom stereocenters. The maximum Gasteiger partial charge on any atom is 0.341 e. The first-order chi connectivity index (χ1) is 7.61. The van der Waals surface area contributed by atoms with Crippen LogP contribution in [-0.2, 0) is 0 Å². The Labute approximate surface area is 98.4 Å². The molecule has 0 bridgehead atoms. The molecule has 6 heteroatoms. The number of carbonyl (C=O) groups is 1. The predicted octanol–water partition coefficient (Wildman–Crippen LogP) is 2.51. The zero-order chi connectivity index (χ0) is 11.7. The van der Waals surface area contributed by atoms with Crippen molar-refractivity contribution in [2.75, 3.05) is 0 Å². The van der Waals surface area contributed by atoms with E-state index in [-0.39, 0.29) is 22.6 Å². The van der Waals surface area contributed by atoms with Crippen LogP contribution in [0.4, 0.5) is 0 Å². The van der Waals surface area contributed by atoms with Crippen LogP contribution < -0.4 is 0 Å². The first kappa shape index (κ1) is 10.7. The maximum atomic E-state index is 10.9. The van der Waals surface area contributed by atoms with Gasteiger partial charge in [0.1, 0.15) is 11.3 Å². The lowest BCUT2D eigenvalue weighted by atomic mass is 10.1. The highest BCUT2D eigenvalue weighted by Crippen LogP contribution is 2.37. The predicted molar refractivity (Wildman–Crippen MR) is 58.3 cm³/mol. The van der Waals surface area contributed by atoms with E-state index in [4.69, 9.17) is 9.63 Å². The summed E-state index contributed by atoms with van der Waals surface area (Å²) in [6, 6.07) is 4.73. The van der Waals surface area contributed by atoms with E-state index in [0.29, 0.717) is 4.47 Å². The van der Waals surface area contributed by atoms with Crippen LogP contribution >= 0.6 is 15.9 Å². The number of aromatic nitrogens is 1. The number of carboxylic acid groups (broad SMARTS) is 1. The van der Waals surface area contributed by atoms with E-state index in [1.807, 2.05) is 0 Å². The van der Waals surface area contributed by atoms with Gasteiger partial charge < -0.3 is 14.7 Å². The molecule has 0 aliphatic heterocycles. The number of carboxylic acids is 1. The zero-order valence-electron chi connectivity index (χ0n) is 7.85. The van der Waals surface area contributed by atoms with Crippen LogP contribution in [0.1, 0.15) is 10.4 Å². The van der Waals surface area contributed by atoms with E-state index < -0.39 is 5.97 Å². The van der Waals surface area contributed by atoms with Crippen molar-refractivity contribution in [3.05, 3.63) is 34.4 Å². The fraction of sp³-hybridized carbons (Fsp3) is 0. The largest absolute Gasteiger partial charge is 0.507 e. The monoisotopic (exact) mass is 283 g/mol. The molecule has 0 amide bonds. The molecule has 16 heavy (non-hydrogen) atoms. The van der Waals surface area contributed by atoms with Crippen LogP contribution in [-0.4, -0.2) is 21.3 Å². The lowest BCUT2D eigenvalue weighted by Gasteiger charge is -2.03. The Hall–Kier alpha value is -1.82. The van der Waals surface area contributed by atoms with Gasteiger partial charge in [0, 0.05) is 4.47 Å². The van der Waals surface area contributed by atoms with E-state index in [1.165, 1.54) is 6.07 Å². The minimum Gasteiger partial charge on any atom is -0.507 e. The van der Waals surface area contributed by atoms with Crippen molar-refractivity contribution in [1.29, 1.82) is 0 Å². The Bertz CT molecular complexity index is 529. The number of phenols is 1. The normalized spacial score (nSPS) is 10.3. The molecule has 0 aliphatic rings. The molecule has 0 aliphatic carbocycles. The van der Waals surface area contributed by atoms with Crippen molar-refractivity contribution >= 4 is 21.9 Å². The number of hydrogen-bond acceptors (Lipinski definition) is 4. The Morgan fingerprint density at radius 2 is 2.19 bits per heavy atom. The summed E-state index contributed by atoms with van der Waals surface area (Å²) in [7, 11) is 0. The topological polar surface area (TPSA) is 83.6 Å². The number of aromatic hydroxyl groups is 1. The summed E-state index contributed by atoms with van der Waals surface area (Å²) >= 11 is 3.21. The molecular formula is C10H6BrNO4. The molecule has 82 valence electrons. The second kappa shape index (κ2) is 3.97. The molecule has 0 radical (unpaired) electrons. The van der Waals surface area contributed by atoms with E-state index in [0.717, 1.165) is 6.20 Å². The van der Waals surface area contributed by atoms with Crippen molar-refractivity contribution in [2.45, 2.75) is 0 Å². The number of benzene rings is 1. The number of hydrogen-bond donors (Lipinski definition) is 2. The van der Waals surface area contributed by atoms with Gasteiger partial charge in [-0.2, -0.15) is 0 Å². The van der Waals surface area contributed by atoms with Gasteiger partial charge in [-0.1, -0.05) is 11.2 Å². The summed E-state index contributed by atoms with van der Waals surface area (Å²) in [5, 5.41) is 22.0. The van der Waals surface area contributed by atoms with E-state index >= 15 is 0 Å². The molecule has 1 aromatic heterocycles. The van der Waals surface area contributed by atoms with Gasteiger partial charge in [0.05, 0.1) is 11.8 Å². The number of aromatic carboxylic acids is 1. The van der Waals surface area contributed by atoms with Gasteiger partial charge in [0.25, 0.3) is 0 Å². The van der Waals surface area contributed by atoms with Gasteiger partial charge in [0.2, 0.25) is 0 Å². The van der Waals surface area contributed by atoms with Crippen LogP contribution in [0.2, 0.25) is 0 Å². The van der Waals surface area contributed by atoms with E-state index in [9.17, 15) is 9.90 Å². The molecule has 2 N–H and O–H groups in total. The second-order valence-electron chi connectivity index (χ2n) is 3.01. The molecule has 2 rings (SSSR count). The lowest BCUT2D eigenvalue weighted by molar-refractivity contribution is 0.0697. The quantitative estimate of drug-likeness (QED) is 0.885.